The van der Waals surface area contributed by atoms with E-state index in [-0.39, 0.29) is 29.3 Å². The molecule has 2 amide bonds. The molecule has 1 unspecified atom stereocenters. The van der Waals surface area contributed by atoms with Crippen molar-refractivity contribution in [1.82, 2.24) is 9.88 Å². The monoisotopic (exact) mass is 463 g/mol. The van der Waals surface area contributed by atoms with Crippen LogP contribution in [0.25, 0.3) is 0 Å². The molecule has 32 heavy (non-hydrogen) atoms. The predicted molar refractivity (Wildman–Crippen MR) is 107 cm³/mol. The highest BCUT2D eigenvalue weighted by Crippen LogP contribution is 2.34. The van der Waals surface area contributed by atoms with Crippen molar-refractivity contribution in [2.24, 2.45) is 10.2 Å². The number of aromatic nitrogens is 1. The van der Waals surface area contributed by atoms with E-state index in [0.29, 0.717) is 11.3 Å². The lowest BCUT2D eigenvalue weighted by molar-refractivity contribution is -0.137. The number of esters is 1. The minimum absolute atomic E-state index is 0.0383. The Morgan fingerprint density at radius 1 is 1.31 bits per heavy atom. The third-order valence-electron chi connectivity index (χ3n) is 4.40. The number of urea groups is 1. The average molecular weight is 463 g/mol. The number of benzene rings is 1. The largest absolute Gasteiger partial charge is 0.462 e. The van der Waals surface area contributed by atoms with Crippen LogP contribution < -0.4 is 0 Å². The highest BCUT2D eigenvalue weighted by atomic mass is 32.2. The summed E-state index contributed by atoms with van der Waals surface area (Å²) in [7, 11) is 0. The van der Waals surface area contributed by atoms with Gasteiger partial charge in [0, 0.05) is 0 Å². The minimum Gasteiger partial charge on any atom is -0.462 e. The zero-order chi connectivity index (χ0) is 23.5. The number of nitrogens with zero attached hydrogens (tertiary/aromatic N) is 5. The van der Waals surface area contributed by atoms with Crippen LogP contribution in [-0.2, 0) is 17.5 Å². The van der Waals surface area contributed by atoms with Crippen LogP contribution in [0, 0.1) is 18.3 Å². The molecular formula is C20H16F3N5O3S. The summed E-state index contributed by atoms with van der Waals surface area (Å²) in [6, 6.07) is 7.05. The number of ether oxygens (including phenoxy) is 1. The van der Waals surface area contributed by atoms with Gasteiger partial charge in [-0.1, -0.05) is 29.0 Å². The molecule has 166 valence electrons. The Labute approximate surface area is 185 Å². The topological polar surface area (TPSA) is 108 Å². The van der Waals surface area contributed by atoms with Crippen molar-refractivity contribution in [2.75, 3.05) is 6.61 Å². The third-order valence-corrected chi connectivity index (χ3v) is 5.49. The maximum Gasteiger partial charge on any atom is 0.416 e. The van der Waals surface area contributed by atoms with E-state index in [9.17, 15) is 28.0 Å². The zero-order valence-corrected chi connectivity index (χ0v) is 17.7. The van der Waals surface area contributed by atoms with Crippen molar-refractivity contribution in [3.05, 3.63) is 58.3 Å². The highest BCUT2D eigenvalue weighted by Gasteiger charge is 2.33. The van der Waals surface area contributed by atoms with Gasteiger partial charge in [0.2, 0.25) is 0 Å². The summed E-state index contributed by atoms with van der Waals surface area (Å²) in [5.41, 5.74) is -0.648. The van der Waals surface area contributed by atoms with Gasteiger partial charge >= 0.3 is 18.2 Å². The van der Waals surface area contributed by atoms with Crippen LogP contribution in [0.15, 0.2) is 45.6 Å². The molecule has 8 nitrogen and oxygen atoms in total. The first-order valence-corrected chi connectivity index (χ1v) is 10.1. The lowest BCUT2D eigenvalue weighted by Crippen LogP contribution is -2.30. The van der Waals surface area contributed by atoms with Crippen LogP contribution in [0.2, 0.25) is 0 Å². The van der Waals surface area contributed by atoms with Crippen molar-refractivity contribution in [1.29, 1.82) is 5.26 Å². The van der Waals surface area contributed by atoms with E-state index in [2.05, 4.69) is 15.2 Å². The molecule has 2 heterocycles. The Bertz CT molecular complexity index is 1110. The van der Waals surface area contributed by atoms with E-state index in [1.54, 1.807) is 13.8 Å². The van der Waals surface area contributed by atoms with Gasteiger partial charge in [0.25, 0.3) is 0 Å². The van der Waals surface area contributed by atoms with E-state index in [1.165, 1.54) is 23.1 Å². The van der Waals surface area contributed by atoms with Crippen LogP contribution in [0.5, 0.6) is 0 Å². The standard InChI is InChI=1S/C20H16F3N5O3S/c1-3-31-17(29)15-8-13(9-24)16(25-11(15)2)32-19-27-26-18(30)28(19)10-12-4-6-14(7-5-12)20(21,22)23/h4-8,19H,3,10H2,1-2H3. The maximum atomic E-state index is 12.8. The molecule has 0 fully saturated rings. The van der Waals surface area contributed by atoms with E-state index in [0.717, 1.165) is 23.9 Å². The Morgan fingerprint density at radius 2 is 2.00 bits per heavy atom. The lowest BCUT2D eigenvalue weighted by Gasteiger charge is -2.21. The number of carbonyl (C=O) groups is 2. The number of pyridine rings is 1. The molecule has 0 saturated carbocycles. The number of hydrogen-bond donors (Lipinski definition) is 0. The number of halogens is 3. The molecule has 3 rings (SSSR count). The molecule has 0 aliphatic carbocycles. The van der Waals surface area contributed by atoms with Gasteiger partial charge < -0.3 is 4.74 Å². The normalized spacial score (nSPS) is 15.7. The molecule has 0 saturated heterocycles. The van der Waals surface area contributed by atoms with Crippen molar-refractivity contribution in [3.8, 4) is 6.07 Å². The summed E-state index contributed by atoms with van der Waals surface area (Å²) >= 11 is 0.968. The third kappa shape index (κ3) is 5.05. The van der Waals surface area contributed by atoms with Gasteiger partial charge in [-0.2, -0.15) is 18.4 Å². The molecule has 0 radical (unpaired) electrons. The lowest BCUT2D eigenvalue weighted by atomic mass is 10.1. The van der Waals surface area contributed by atoms with E-state index in [1.807, 2.05) is 6.07 Å². The number of azo groups is 1. The van der Waals surface area contributed by atoms with Gasteiger partial charge in [0.05, 0.1) is 35.5 Å². The van der Waals surface area contributed by atoms with Gasteiger partial charge in [0.1, 0.15) is 11.1 Å². The second-order valence-electron chi connectivity index (χ2n) is 6.57. The zero-order valence-electron chi connectivity index (χ0n) is 16.9. The van der Waals surface area contributed by atoms with Crippen molar-refractivity contribution >= 4 is 23.8 Å². The quantitative estimate of drug-likeness (QED) is 0.563. The smallest absolute Gasteiger partial charge is 0.416 e. The van der Waals surface area contributed by atoms with Crippen LogP contribution in [0.3, 0.4) is 0 Å². The van der Waals surface area contributed by atoms with Gasteiger partial charge in [-0.05, 0) is 37.6 Å². The van der Waals surface area contributed by atoms with E-state index >= 15 is 0 Å². The Kier molecular flexibility index (Phi) is 6.78. The van der Waals surface area contributed by atoms with E-state index in [4.69, 9.17) is 4.74 Å². The summed E-state index contributed by atoms with van der Waals surface area (Å²) in [6.07, 6.45) is -4.46. The van der Waals surface area contributed by atoms with Crippen molar-refractivity contribution in [2.45, 2.75) is 37.1 Å². The first kappa shape index (κ1) is 23.2. The average Bonchev–Trinajstić information content (AvgIpc) is 3.07. The number of carbonyl (C=O) groups excluding carboxylic acids is 2. The first-order chi connectivity index (χ1) is 15.1. The highest BCUT2D eigenvalue weighted by molar-refractivity contribution is 7.99. The minimum atomic E-state index is -4.46. The second-order valence-corrected chi connectivity index (χ2v) is 7.62. The molecule has 0 bridgehead atoms. The number of amides is 2. The fourth-order valence-corrected chi connectivity index (χ4v) is 3.82. The number of hydrogen-bond acceptors (Lipinski definition) is 7. The van der Waals surface area contributed by atoms with Crippen LogP contribution in [-0.4, -0.2) is 34.0 Å². The van der Waals surface area contributed by atoms with Crippen molar-refractivity contribution < 1.29 is 27.5 Å². The summed E-state index contributed by atoms with van der Waals surface area (Å²) < 4.78 is 43.2. The number of rotatable bonds is 6. The molecule has 0 spiro atoms. The molecule has 0 N–H and O–H groups in total. The Morgan fingerprint density at radius 3 is 2.59 bits per heavy atom. The Balaban J connectivity index is 1.81. The SMILES string of the molecule is CCOC(=O)c1cc(C#N)c(SC2N=NC(=O)N2Cc2ccc(C(F)(F)F)cc2)nc1C. The Hall–Kier alpha value is -3.46. The van der Waals surface area contributed by atoms with Gasteiger partial charge in [0.15, 0.2) is 5.50 Å². The summed E-state index contributed by atoms with van der Waals surface area (Å²) in [4.78, 5) is 29.7. The van der Waals surface area contributed by atoms with Crippen LogP contribution in [0.1, 0.15) is 39.7 Å². The molecule has 12 heteroatoms. The fourth-order valence-electron chi connectivity index (χ4n) is 2.81. The summed E-state index contributed by atoms with van der Waals surface area (Å²) in [5.74, 6) is -0.606. The van der Waals surface area contributed by atoms with Crippen LogP contribution >= 0.6 is 11.8 Å². The molecular weight excluding hydrogens is 447 g/mol. The van der Waals surface area contributed by atoms with Gasteiger partial charge in [-0.25, -0.2) is 14.6 Å². The van der Waals surface area contributed by atoms with Crippen LogP contribution in [0.4, 0.5) is 18.0 Å². The van der Waals surface area contributed by atoms with Gasteiger partial charge in [-0.3, -0.25) is 4.90 Å². The fraction of sp³-hybridized carbons (Fsp3) is 0.300. The summed E-state index contributed by atoms with van der Waals surface area (Å²) in [6.45, 7) is 3.37. The van der Waals surface area contributed by atoms with E-state index < -0.39 is 29.2 Å². The summed E-state index contributed by atoms with van der Waals surface area (Å²) in [5, 5.41) is 17.1. The molecule has 1 atom stereocenters. The molecule has 1 aromatic carbocycles. The molecule has 1 aliphatic rings. The predicted octanol–water partition coefficient (Wildman–Crippen LogP) is 4.92. The second kappa shape index (κ2) is 9.35. The van der Waals surface area contributed by atoms with Gasteiger partial charge in [-0.15, -0.1) is 5.11 Å². The molecule has 1 aliphatic heterocycles. The number of thioether (sulfide) groups is 1. The molecule has 2 aromatic rings. The van der Waals surface area contributed by atoms with Crippen molar-refractivity contribution in [3.63, 3.8) is 0 Å². The number of nitriles is 1. The molecule has 1 aromatic heterocycles. The number of alkyl halides is 3. The number of aryl methyl sites for hydroxylation is 1. The maximum absolute atomic E-state index is 12.8. The first-order valence-electron chi connectivity index (χ1n) is 9.27.